The first-order chi connectivity index (χ1) is 6.59. The Kier molecular flexibility index (Phi) is 1.94. The average molecular weight is 188 g/mol. The van der Waals surface area contributed by atoms with Crippen LogP contribution < -0.4 is 11.5 Å². The first kappa shape index (κ1) is 9.05. The van der Waals surface area contributed by atoms with Gasteiger partial charge in [0.2, 0.25) is 0 Å². The summed E-state index contributed by atoms with van der Waals surface area (Å²) in [7, 11) is 0. The average Bonchev–Trinajstić information content (AvgIpc) is 2.45. The summed E-state index contributed by atoms with van der Waals surface area (Å²) in [5.41, 5.74) is 13.3. The Morgan fingerprint density at radius 2 is 2.07 bits per heavy atom. The van der Waals surface area contributed by atoms with E-state index in [4.69, 9.17) is 11.5 Å². The van der Waals surface area contributed by atoms with Crippen LogP contribution in [0.3, 0.4) is 0 Å². The van der Waals surface area contributed by atoms with Crippen LogP contribution in [0.15, 0.2) is 34.5 Å². The first-order valence-corrected chi connectivity index (χ1v) is 4.37. The zero-order valence-electron chi connectivity index (χ0n) is 7.94. The molecule has 4 N–H and O–H groups in total. The summed E-state index contributed by atoms with van der Waals surface area (Å²) in [5.74, 6) is 0. The summed E-state index contributed by atoms with van der Waals surface area (Å²) in [6, 6.07) is 7.87. The fraction of sp³-hybridized carbons (Fsp3) is 0.200. The second kappa shape index (κ2) is 3.01. The third-order valence-corrected chi connectivity index (χ3v) is 2.13. The highest BCUT2D eigenvalue weighted by molar-refractivity contribution is 6.18. The van der Waals surface area contributed by atoms with Gasteiger partial charge in [0.25, 0.3) is 0 Å². The normalized spacial score (nSPS) is 18.4. The van der Waals surface area contributed by atoms with E-state index in [1.54, 1.807) is 0 Å². The van der Waals surface area contributed by atoms with Gasteiger partial charge in [-0.25, -0.2) is 0 Å². The monoisotopic (exact) mass is 188 g/mol. The van der Waals surface area contributed by atoms with Crippen molar-refractivity contribution in [2.24, 2.45) is 21.7 Å². The van der Waals surface area contributed by atoms with E-state index in [9.17, 15) is 0 Å². The standard InChI is InChI=1S/C10H12N4/c1-7-3-2-4-8(5-7)9-10(11,12)6-13-14-9/h2-6H,11-12H2,1H3. The number of benzene rings is 1. The summed E-state index contributed by atoms with van der Waals surface area (Å²) in [5, 5.41) is 7.67. The lowest BCUT2D eigenvalue weighted by Crippen LogP contribution is -2.56. The molecule has 0 unspecified atom stereocenters. The molecule has 0 amide bonds. The second-order valence-electron chi connectivity index (χ2n) is 3.50. The molecule has 4 nitrogen and oxygen atoms in total. The molecule has 0 atom stereocenters. The van der Waals surface area contributed by atoms with Gasteiger partial charge in [-0.1, -0.05) is 29.8 Å². The second-order valence-corrected chi connectivity index (χ2v) is 3.50. The van der Waals surface area contributed by atoms with Crippen molar-refractivity contribution < 1.29 is 0 Å². The molecule has 2 rings (SSSR count). The molecule has 0 spiro atoms. The van der Waals surface area contributed by atoms with Gasteiger partial charge in [-0.3, -0.25) is 0 Å². The summed E-state index contributed by atoms with van der Waals surface area (Å²) < 4.78 is 0. The molecule has 0 aliphatic carbocycles. The minimum atomic E-state index is -1.03. The molecule has 0 saturated heterocycles. The third-order valence-electron chi connectivity index (χ3n) is 2.13. The Bertz CT molecular complexity index is 418. The van der Waals surface area contributed by atoms with E-state index < -0.39 is 5.66 Å². The Morgan fingerprint density at radius 3 is 2.64 bits per heavy atom. The Hall–Kier alpha value is -1.52. The summed E-state index contributed by atoms with van der Waals surface area (Å²) in [6.45, 7) is 2.01. The van der Waals surface area contributed by atoms with Gasteiger partial charge in [-0.05, 0) is 6.92 Å². The molecule has 1 aliphatic heterocycles. The first-order valence-electron chi connectivity index (χ1n) is 4.37. The van der Waals surface area contributed by atoms with Gasteiger partial charge in [-0.2, -0.15) is 10.2 Å². The lowest BCUT2D eigenvalue weighted by Gasteiger charge is -2.16. The minimum Gasteiger partial charge on any atom is -0.304 e. The Morgan fingerprint density at radius 1 is 1.29 bits per heavy atom. The van der Waals surface area contributed by atoms with Gasteiger partial charge >= 0.3 is 0 Å². The van der Waals surface area contributed by atoms with Gasteiger partial charge < -0.3 is 11.5 Å². The molecule has 72 valence electrons. The fourth-order valence-electron chi connectivity index (χ4n) is 1.43. The van der Waals surface area contributed by atoms with Gasteiger partial charge in [0.1, 0.15) is 11.4 Å². The van der Waals surface area contributed by atoms with E-state index in [1.165, 1.54) is 6.21 Å². The predicted molar refractivity (Wildman–Crippen MR) is 57.3 cm³/mol. The van der Waals surface area contributed by atoms with Gasteiger partial charge in [0.15, 0.2) is 0 Å². The van der Waals surface area contributed by atoms with Crippen molar-refractivity contribution in [3.8, 4) is 0 Å². The number of nitrogens with two attached hydrogens (primary N) is 2. The largest absolute Gasteiger partial charge is 0.304 e. The number of aryl methyl sites for hydroxylation is 1. The zero-order valence-corrected chi connectivity index (χ0v) is 7.94. The molecule has 0 saturated carbocycles. The fourth-order valence-corrected chi connectivity index (χ4v) is 1.43. The molecule has 0 aromatic heterocycles. The topological polar surface area (TPSA) is 76.8 Å². The van der Waals surface area contributed by atoms with Gasteiger partial charge in [0.05, 0.1) is 6.21 Å². The van der Waals surface area contributed by atoms with Crippen molar-refractivity contribution in [3.05, 3.63) is 35.4 Å². The molecule has 4 heteroatoms. The molecule has 14 heavy (non-hydrogen) atoms. The molecule has 0 radical (unpaired) electrons. The van der Waals surface area contributed by atoms with E-state index in [0.29, 0.717) is 5.71 Å². The number of nitrogens with zero attached hydrogens (tertiary/aromatic N) is 2. The van der Waals surface area contributed by atoms with Crippen molar-refractivity contribution in [1.82, 2.24) is 0 Å². The van der Waals surface area contributed by atoms with E-state index in [1.807, 2.05) is 31.2 Å². The molecule has 1 aliphatic rings. The van der Waals surface area contributed by atoms with Crippen LogP contribution in [0.25, 0.3) is 0 Å². The quantitative estimate of drug-likeness (QED) is 0.626. The van der Waals surface area contributed by atoms with Crippen LogP contribution in [0.4, 0.5) is 0 Å². The van der Waals surface area contributed by atoms with E-state index in [-0.39, 0.29) is 0 Å². The van der Waals surface area contributed by atoms with Crippen LogP contribution in [0.1, 0.15) is 11.1 Å². The Balaban J connectivity index is 2.43. The summed E-state index contributed by atoms with van der Waals surface area (Å²) in [4.78, 5) is 0. The lowest BCUT2D eigenvalue weighted by atomic mass is 9.99. The molecule has 1 aromatic carbocycles. The predicted octanol–water partition coefficient (Wildman–Crippen LogP) is 0.397. The van der Waals surface area contributed by atoms with Crippen LogP contribution in [-0.4, -0.2) is 17.6 Å². The maximum Gasteiger partial charge on any atom is 0.148 e. The Labute approximate surface area is 82.3 Å². The van der Waals surface area contributed by atoms with Gasteiger partial charge in [-0.15, -0.1) is 0 Å². The van der Waals surface area contributed by atoms with Crippen LogP contribution >= 0.6 is 0 Å². The zero-order chi connectivity index (χ0) is 10.2. The SMILES string of the molecule is Cc1cccc(C2=NN=CC2(N)N)c1. The van der Waals surface area contributed by atoms with Crippen molar-refractivity contribution in [3.63, 3.8) is 0 Å². The maximum absolute atomic E-state index is 5.80. The van der Waals surface area contributed by atoms with Crippen LogP contribution in [0, 0.1) is 6.92 Å². The molecular formula is C10H12N4. The van der Waals surface area contributed by atoms with E-state index in [2.05, 4.69) is 10.2 Å². The highest BCUT2D eigenvalue weighted by Gasteiger charge is 2.29. The maximum atomic E-state index is 5.80. The minimum absolute atomic E-state index is 0.612. The van der Waals surface area contributed by atoms with Crippen molar-refractivity contribution in [2.45, 2.75) is 12.6 Å². The van der Waals surface area contributed by atoms with Crippen LogP contribution in [0.2, 0.25) is 0 Å². The number of rotatable bonds is 1. The number of hydrogen-bond acceptors (Lipinski definition) is 4. The van der Waals surface area contributed by atoms with Crippen molar-refractivity contribution >= 4 is 11.9 Å². The smallest absolute Gasteiger partial charge is 0.148 e. The van der Waals surface area contributed by atoms with E-state index >= 15 is 0 Å². The lowest BCUT2D eigenvalue weighted by molar-refractivity contribution is 0.816. The van der Waals surface area contributed by atoms with E-state index in [0.717, 1.165) is 11.1 Å². The molecule has 1 aromatic rings. The third kappa shape index (κ3) is 1.45. The molecule has 1 heterocycles. The molecule has 0 fully saturated rings. The van der Waals surface area contributed by atoms with Crippen molar-refractivity contribution in [2.75, 3.05) is 0 Å². The van der Waals surface area contributed by atoms with Crippen LogP contribution in [0.5, 0.6) is 0 Å². The highest BCUT2D eigenvalue weighted by atomic mass is 15.3. The number of hydrogen-bond donors (Lipinski definition) is 2. The van der Waals surface area contributed by atoms with Crippen LogP contribution in [-0.2, 0) is 0 Å². The molecule has 0 bridgehead atoms. The van der Waals surface area contributed by atoms with Gasteiger partial charge in [0, 0.05) is 5.56 Å². The molecular weight excluding hydrogens is 176 g/mol. The summed E-state index contributed by atoms with van der Waals surface area (Å²) >= 11 is 0. The summed E-state index contributed by atoms with van der Waals surface area (Å²) in [6.07, 6.45) is 1.45. The highest BCUT2D eigenvalue weighted by Crippen LogP contribution is 2.13. The van der Waals surface area contributed by atoms with Crippen molar-refractivity contribution in [1.29, 1.82) is 0 Å².